The van der Waals surface area contributed by atoms with Crippen molar-refractivity contribution < 1.29 is 4.21 Å². The summed E-state index contributed by atoms with van der Waals surface area (Å²) < 4.78 is 16.5. The van der Waals surface area contributed by atoms with Gasteiger partial charge in [-0.1, -0.05) is 20.8 Å². The lowest BCUT2D eigenvalue weighted by molar-refractivity contribution is 0.551. The first-order chi connectivity index (χ1) is 6.82. The molecule has 0 saturated heterocycles. The fourth-order valence-electron chi connectivity index (χ4n) is 1.83. The second-order valence-corrected chi connectivity index (χ2v) is 7.26. The number of rotatable bonds is 0. The van der Waals surface area contributed by atoms with Gasteiger partial charge in [0.25, 0.3) is 0 Å². The molecule has 0 N–H and O–H groups in total. The Morgan fingerprint density at radius 1 is 1.40 bits per heavy atom. The van der Waals surface area contributed by atoms with E-state index in [0.717, 1.165) is 16.2 Å². The summed E-state index contributed by atoms with van der Waals surface area (Å²) in [6.07, 6.45) is 3.49. The van der Waals surface area contributed by atoms with Crippen molar-refractivity contribution >= 4 is 9.73 Å². The summed E-state index contributed by atoms with van der Waals surface area (Å²) in [6.45, 7) is 6.83. The fraction of sp³-hybridized carbons (Fsp3) is 0.545. The van der Waals surface area contributed by atoms with Gasteiger partial charge in [-0.2, -0.15) is 0 Å². The highest BCUT2D eigenvalue weighted by molar-refractivity contribution is 7.93. The molecule has 1 aliphatic heterocycles. The Hall–Kier alpha value is -0.900. The van der Waals surface area contributed by atoms with Gasteiger partial charge in [-0.05, 0) is 11.6 Å². The highest BCUT2D eigenvalue weighted by atomic mass is 32.2. The van der Waals surface area contributed by atoms with Crippen LogP contribution in [0.1, 0.15) is 32.0 Å². The lowest BCUT2D eigenvalue weighted by Gasteiger charge is -2.21. The number of fused-ring (bicyclic) bond motifs is 1. The van der Waals surface area contributed by atoms with Gasteiger partial charge in [0.1, 0.15) is 0 Å². The minimum atomic E-state index is -2.21. The van der Waals surface area contributed by atoms with Crippen molar-refractivity contribution in [2.75, 3.05) is 6.26 Å². The first kappa shape index (κ1) is 10.6. The Morgan fingerprint density at radius 3 is 2.67 bits per heavy atom. The molecule has 15 heavy (non-hydrogen) atoms. The van der Waals surface area contributed by atoms with E-state index in [1.54, 1.807) is 12.5 Å². The molecule has 82 valence electrons. The zero-order valence-electron chi connectivity index (χ0n) is 9.57. The highest BCUT2D eigenvalue weighted by Crippen LogP contribution is 2.34. The standard InChI is InChI=1S/C11H16N2OS/c1-11(2,3)10-9-8(5-6-12-10)7-13-15(9,4)14/h5-6H,7H2,1-4H3/t15-/m0/s1. The minimum absolute atomic E-state index is 0.0795. The van der Waals surface area contributed by atoms with Crippen molar-refractivity contribution in [3.8, 4) is 0 Å². The van der Waals surface area contributed by atoms with Crippen molar-refractivity contribution in [1.82, 2.24) is 4.98 Å². The van der Waals surface area contributed by atoms with Gasteiger partial charge >= 0.3 is 0 Å². The number of hydrogen-bond acceptors (Lipinski definition) is 3. The lowest BCUT2D eigenvalue weighted by Crippen LogP contribution is -2.18. The molecule has 0 unspecified atom stereocenters. The molecule has 0 aromatic carbocycles. The summed E-state index contributed by atoms with van der Waals surface area (Å²) in [5.41, 5.74) is 1.92. The molecule has 0 radical (unpaired) electrons. The third-order valence-electron chi connectivity index (χ3n) is 2.56. The summed E-state index contributed by atoms with van der Waals surface area (Å²) in [5, 5.41) is 0. The van der Waals surface area contributed by atoms with Crippen LogP contribution in [0.2, 0.25) is 0 Å². The van der Waals surface area contributed by atoms with Crippen molar-refractivity contribution in [2.24, 2.45) is 4.36 Å². The third-order valence-corrected chi connectivity index (χ3v) is 4.39. The van der Waals surface area contributed by atoms with Crippen LogP contribution in [0, 0.1) is 0 Å². The van der Waals surface area contributed by atoms with Gasteiger partial charge in [-0.3, -0.25) is 4.98 Å². The quantitative estimate of drug-likeness (QED) is 0.679. The first-order valence-electron chi connectivity index (χ1n) is 4.99. The molecule has 2 heterocycles. The Kier molecular flexibility index (Phi) is 2.15. The molecule has 0 amide bonds. The molecule has 0 spiro atoms. The van der Waals surface area contributed by atoms with E-state index in [0.29, 0.717) is 6.54 Å². The predicted octanol–water partition coefficient (Wildman–Crippen LogP) is 2.35. The second kappa shape index (κ2) is 3.04. The molecule has 0 aliphatic carbocycles. The fourth-order valence-corrected chi connectivity index (χ4v) is 3.68. The van der Waals surface area contributed by atoms with Crippen molar-refractivity contribution in [3.05, 3.63) is 23.5 Å². The topological polar surface area (TPSA) is 42.3 Å². The van der Waals surface area contributed by atoms with E-state index >= 15 is 0 Å². The van der Waals surface area contributed by atoms with Crippen LogP contribution in [0.15, 0.2) is 21.5 Å². The summed E-state index contributed by atoms with van der Waals surface area (Å²) in [7, 11) is -2.21. The van der Waals surface area contributed by atoms with Crippen LogP contribution in [-0.4, -0.2) is 15.4 Å². The van der Waals surface area contributed by atoms with E-state index in [1.165, 1.54) is 0 Å². The summed E-state index contributed by atoms with van der Waals surface area (Å²) in [5.74, 6) is 0. The minimum Gasteiger partial charge on any atom is -0.259 e. The number of pyridine rings is 1. The van der Waals surface area contributed by atoms with E-state index in [1.807, 2.05) is 6.07 Å². The van der Waals surface area contributed by atoms with Crippen LogP contribution in [-0.2, 0) is 21.7 Å². The third kappa shape index (κ3) is 1.67. The van der Waals surface area contributed by atoms with Crippen LogP contribution in [0.25, 0.3) is 0 Å². The van der Waals surface area contributed by atoms with Gasteiger partial charge in [0, 0.05) is 17.9 Å². The molecule has 2 rings (SSSR count). The Bertz CT molecular complexity index is 520. The molecule has 3 nitrogen and oxygen atoms in total. The average Bonchev–Trinajstić information content (AvgIpc) is 2.41. The van der Waals surface area contributed by atoms with Crippen molar-refractivity contribution in [2.45, 2.75) is 37.6 Å². The van der Waals surface area contributed by atoms with Crippen LogP contribution in [0.5, 0.6) is 0 Å². The smallest absolute Gasteiger partial charge is 0.0751 e. The summed E-state index contributed by atoms with van der Waals surface area (Å²) in [6, 6.07) is 1.92. The Labute approximate surface area is 91.1 Å². The van der Waals surface area contributed by atoms with Gasteiger partial charge in [-0.15, -0.1) is 0 Å². The van der Waals surface area contributed by atoms with E-state index in [2.05, 4.69) is 30.1 Å². The Balaban J connectivity index is 2.77. The second-order valence-electron chi connectivity index (χ2n) is 4.99. The lowest BCUT2D eigenvalue weighted by atomic mass is 9.90. The average molecular weight is 224 g/mol. The van der Waals surface area contributed by atoms with Crippen LogP contribution < -0.4 is 0 Å². The molecule has 1 aromatic rings. The van der Waals surface area contributed by atoms with E-state index in [9.17, 15) is 4.21 Å². The van der Waals surface area contributed by atoms with E-state index in [4.69, 9.17) is 0 Å². The molecule has 1 atom stereocenters. The normalized spacial score (nSPS) is 24.8. The first-order valence-corrected chi connectivity index (χ1v) is 6.91. The molecular weight excluding hydrogens is 208 g/mol. The molecule has 0 saturated carbocycles. The predicted molar refractivity (Wildman–Crippen MR) is 61.4 cm³/mol. The highest BCUT2D eigenvalue weighted by Gasteiger charge is 2.29. The van der Waals surface area contributed by atoms with Gasteiger partial charge in [0.05, 0.1) is 26.9 Å². The largest absolute Gasteiger partial charge is 0.259 e. The van der Waals surface area contributed by atoms with Crippen LogP contribution in [0.3, 0.4) is 0 Å². The molecule has 0 fully saturated rings. The monoisotopic (exact) mass is 224 g/mol. The van der Waals surface area contributed by atoms with Crippen LogP contribution >= 0.6 is 0 Å². The summed E-state index contributed by atoms with van der Waals surface area (Å²) in [4.78, 5) is 5.25. The maximum Gasteiger partial charge on any atom is 0.0751 e. The summed E-state index contributed by atoms with van der Waals surface area (Å²) >= 11 is 0. The Morgan fingerprint density at radius 2 is 2.07 bits per heavy atom. The molecule has 4 heteroatoms. The van der Waals surface area contributed by atoms with E-state index < -0.39 is 9.73 Å². The van der Waals surface area contributed by atoms with Crippen molar-refractivity contribution in [3.63, 3.8) is 0 Å². The van der Waals surface area contributed by atoms with Gasteiger partial charge in [0.2, 0.25) is 0 Å². The van der Waals surface area contributed by atoms with Gasteiger partial charge < -0.3 is 0 Å². The molecule has 1 aromatic heterocycles. The maximum absolute atomic E-state index is 12.3. The number of aromatic nitrogens is 1. The van der Waals surface area contributed by atoms with Gasteiger partial charge in [-0.25, -0.2) is 8.57 Å². The SMILES string of the molecule is CC(C)(C)c1nccc2c1[S@](C)(=O)=NC2. The maximum atomic E-state index is 12.3. The molecular formula is C11H16N2OS. The number of hydrogen-bond donors (Lipinski definition) is 0. The van der Waals surface area contributed by atoms with Gasteiger partial charge in [0.15, 0.2) is 0 Å². The van der Waals surface area contributed by atoms with Crippen LogP contribution in [0.4, 0.5) is 0 Å². The van der Waals surface area contributed by atoms with Crippen molar-refractivity contribution in [1.29, 1.82) is 0 Å². The zero-order chi connectivity index (χ0) is 11.3. The molecule has 0 bridgehead atoms. The number of nitrogens with zero attached hydrogens (tertiary/aromatic N) is 2. The molecule has 1 aliphatic rings. The van der Waals surface area contributed by atoms with E-state index in [-0.39, 0.29) is 5.41 Å². The zero-order valence-corrected chi connectivity index (χ0v) is 10.4.